The molecule has 0 spiro atoms. The fourth-order valence-electron chi connectivity index (χ4n) is 4.22. The first-order valence-corrected chi connectivity index (χ1v) is 14.3. The van der Waals surface area contributed by atoms with Gasteiger partial charge in [0.1, 0.15) is 23.7 Å². The summed E-state index contributed by atoms with van der Waals surface area (Å²) < 4.78 is 29.7. The van der Waals surface area contributed by atoms with E-state index in [9.17, 15) is 19.1 Å². The second-order valence-electron chi connectivity index (χ2n) is 10.1. The smallest absolute Gasteiger partial charge is 0.320 e. The second kappa shape index (κ2) is 15.6. The van der Waals surface area contributed by atoms with Crippen molar-refractivity contribution in [1.29, 1.82) is 0 Å². The number of esters is 1. The van der Waals surface area contributed by atoms with Crippen LogP contribution in [-0.4, -0.2) is 84.5 Å². The molecule has 11 nitrogen and oxygen atoms in total. The summed E-state index contributed by atoms with van der Waals surface area (Å²) in [4.78, 5) is 35.4. The maximum Gasteiger partial charge on any atom is 0.320 e. The summed E-state index contributed by atoms with van der Waals surface area (Å²) in [6.45, 7) is 2.87. The summed E-state index contributed by atoms with van der Waals surface area (Å²) in [6, 6.07) is 7.69. The number of methoxy groups -OCH3 is 1. The molecule has 0 unspecified atom stereocenters. The number of aliphatic hydroxyl groups excluding tert-OH is 1. The van der Waals surface area contributed by atoms with Crippen molar-refractivity contribution < 1.29 is 33.3 Å². The summed E-state index contributed by atoms with van der Waals surface area (Å²) in [6.07, 6.45) is 5.70. The fourth-order valence-corrected chi connectivity index (χ4v) is 4.40. The number of hydrogen-bond donors (Lipinski definition) is 3. The Bertz CT molecular complexity index is 1450. The average molecular weight is 616 g/mol. The Morgan fingerprint density at radius 2 is 2.07 bits per heavy atom. The molecule has 230 valence electrons. The Kier molecular flexibility index (Phi) is 11.6. The van der Waals surface area contributed by atoms with Crippen molar-refractivity contribution in [3.05, 3.63) is 59.7 Å². The third-order valence-electron chi connectivity index (χ3n) is 6.47. The van der Waals surface area contributed by atoms with Gasteiger partial charge in [0.25, 0.3) is 0 Å². The number of carbonyl (C=O) groups is 2. The van der Waals surface area contributed by atoms with E-state index < -0.39 is 23.8 Å². The number of aromatic nitrogens is 2. The second-order valence-corrected chi connectivity index (χ2v) is 10.5. The molecule has 1 aliphatic rings. The largest absolute Gasteiger partial charge is 0.491 e. The van der Waals surface area contributed by atoms with Crippen LogP contribution in [0.3, 0.4) is 0 Å². The third-order valence-corrected chi connectivity index (χ3v) is 6.76. The van der Waals surface area contributed by atoms with Gasteiger partial charge in [-0.25, -0.2) is 14.4 Å². The van der Waals surface area contributed by atoms with E-state index in [-0.39, 0.29) is 37.9 Å². The predicted octanol–water partition coefficient (Wildman–Crippen LogP) is 4.32. The van der Waals surface area contributed by atoms with Crippen molar-refractivity contribution in [3.8, 4) is 5.75 Å². The number of halogens is 2. The van der Waals surface area contributed by atoms with E-state index in [0.29, 0.717) is 46.4 Å². The Morgan fingerprint density at radius 3 is 2.79 bits per heavy atom. The highest BCUT2D eigenvalue weighted by atomic mass is 35.5. The number of hydrogen-bond acceptors (Lipinski definition) is 10. The number of nitrogens with one attached hydrogen (secondary N) is 2. The van der Waals surface area contributed by atoms with Crippen molar-refractivity contribution in [1.82, 2.24) is 14.9 Å². The van der Waals surface area contributed by atoms with Crippen LogP contribution in [0.1, 0.15) is 19.8 Å². The summed E-state index contributed by atoms with van der Waals surface area (Å²) in [7, 11) is 1.47. The molecule has 1 heterocycles. The van der Waals surface area contributed by atoms with Crippen LogP contribution in [0, 0.1) is 11.7 Å². The van der Waals surface area contributed by atoms with E-state index in [1.807, 2.05) is 0 Å². The number of amides is 1. The van der Waals surface area contributed by atoms with Gasteiger partial charge in [-0.15, -0.1) is 0 Å². The maximum absolute atomic E-state index is 13.7. The number of benzene rings is 2. The van der Waals surface area contributed by atoms with Gasteiger partial charge in [0.15, 0.2) is 0 Å². The summed E-state index contributed by atoms with van der Waals surface area (Å²) in [5.41, 5.74) is 1.52. The van der Waals surface area contributed by atoms with Crippen LogP contribution < -0.4 is 15.4 Å². The lowest BCUT2D eigenvalue weighted by Crippen LogP contribution is -2.38. The highest BCUT2D eigenvalue weighted by Gasteiger charge is 2.23. The first-order valence-electron chi connectivity index (χ1n) is 13.9. The minimum absolute atomic E-state index is 0.0344. The van der Waals surface area contributed by atoms with Crippen molar-refractivity contribution >= 4 is 51.6 Å². The quantitative estimate of drug-likeness (QED) is 0.158. The first kappa shape index (κ1) is 32.1. The van der Waals surface area contributed by atoms with Crippen molar-refractivity contribution in [2.75, 3.05) is 57.2 Å². The zero-order valence-electron chi connectivity index (χ0n) is 24.0. The molecule has 3 N–H and O–H groups in total. The topological polar surface area (TPSA) is 135 Å². The van der Waals surface area contributed by atoms with Gasteiger partial charge in [0.05, 0.1) is 48.7 Å². The van der Waals surface area contributed by atoms with Crippen LogP contribution in [0.5, 0.6) is 5.75 Å². The third kappa shape index (κ3) is 9.85. The Balaban J connectivity index is 1.53. The van der Waals surface area contributed by atoms with Gasteiger partial charge < -0.3 is 30.0 Å². The molecule has 0 radical (unpaired) electrons. The van der Waals surface area contributed by atoms with E-state index in [4.69, 9.17) is 25.8 Å². The van der Waals surface area contributed by atoms with Gasteiger partial charge in [-0.05, 0) is 49.9 Å². The number of fused-ring (bicyclic) bond motifs is 1. The highest BCUT2D eigenvalue weighted by molar-refractivity contribution is 6.31. The number of aliphatic hydroxyl groups is 1. The van der Waals surface area contributed by atoms with Crippen molar-refractivity contribution in [2.24, 2.45) is 5.92 Å². The van der Waals surface area contributed by atoms with E-state index >= 15 is 0 Å². The molecule has 4 rings (SSSR count). The molecule has 1 aromatic heterocycles. The van der Waals surface area contributed by atoms with E-state index in [2.05, 4.69) is 20.6 Å². The lowest BCUT2D eigenvalue weighted by molar-refractivity contribution is -0.144. The zero-order chi connectivity index (χ0) is 30.8. The number of anilines is 3. The normalized spacial score (nSPS) is 13.8. The lowest BCUT2D eigenvalue weighted by Gasteiger charge is -2.22. The SMILES string of the molecule is CCOC(=O)CN(C/C=C/C(=O)Nc1cc2c(Nc3ccc(F)c(Cl)c3)ncnc2cc1OCC1CC1)C[C@@H](O)COC. The van der Waals surface area contributed by atoms with E-state index in [1.165, 1.54) is 37.7 Å². The lowest BCUT2D eigenvalue weighted by atomic mass is 10.1. The maximum atomic E-state index is 13.7. The minimum Gasteiger partial charge on any atom is -0.491 e. The highest BCUT2D eigenvalue weighted by Crippen LogP contribution is 2.36. The van der Waals surface area contributed by atoms with Crippen LogP contribution in [0.4, 0.5) is 21.6 Å². The summed E-state index contributed by atoms with van der Waals surface area (Å²) >= 11 is 5.94. The van der Waals surface area contributed by atoms with Crippen molar-refractivity contribution in [2.45, 2.75) is 25.9 Å². The molecule has 13 heteroatoms. The summed E-state index contributed by atoms with van der Waals surface area (Å²) in [5.74, 6) is -0.0397. The number of nitrogens with zero attached hydrogens (tertiary/aromatic N) is 3. The van der Waals surface area contributed by atoms with E-state index in [1.54, 1.807) is 30.0 Å². The molecule has 2 aromatic carbocycles. The Hall–Kier alpha value is -3.84. The molecular formula is C30H35ClFN5O6. The number of ether oxygens (including phenoxy) is 3. The van der Waals surface area contributed by atoms with Gasteiger partial charge in [0.2, 0.25) is 5.91 Å². The molecular weight excluding hydrogens is 581 g/mol. The van der Waals surface area contributed by atoms with Crippen molar-refractivity contribution in [3.63, 3.8) is 0 Å². The molecule has 1 amide bonds. The van der Waals surface area contributed by atoms with Gasteiger partial charge in [0, 0.05) is 43.4 Å². The molecule has 1 fully saturated rings. The predicted molar refractivity (Wildman–Crippen MR) is 161 cm³/mol. The molecule has 43 heavy (non-hydrogen) atoms. The van der Waals surface area contributed by atoms with Gasteiger partial charge >= 0.3 is 5.97 Å². The number of carbonyl (C=O) groups excluding carboxylic acids is 2. The molecule has 1 saturated carbocycles. The number of rotatable bonds is 16. The molecule has 1 atom stereocenters. The average Bonchev–Trinajstić information content (AvgIpc) is 3.79. The van der Waals surface area contributed by atoms with Gasteiger partial charge in [-0.3, -0.25) is 14.5 Å². The van der Waals surface area contributed by atoms with Gasteiger partial charge in [-0.1, -0.05) is 17.7 Å². The minimum atomic E-state index is -0.818. The monoisotopic (exact) mass is 615 g/mol. The fraction of sp³-hybridized carbons (Fsp3) is 0.400. The molecule has 3 aromatic rings. The van der Waals surface area contributed by atoms with E-state index in [0.717, 1.165) is 12.8 Å². The first-order chi connectivity index (χ1) is 20.7. The molecule has 0 aliphatic heterocycles. The van der Waals surface area contributed by atoms with Crippen LogP contribution in [0.2, 0.25) is 5.02 Å². The molecule has 1 aliphatic carbocycles. The Morgan fingerprint density at radius 1 is 1.26 bits per heavy atom. The summed E-state index contributed by atoms with van der Waals surface area (Å²) in [5, 5.41) is 16.7. The zero-order valence-corrected chi connectivity index (χ0v) is 24.8. The standard InChI is InChI=1S/C30H35ClFN5O6/c1-3-42-29(40)15-37(14-21(38)17-41-2)10-4-5-28(39)36-26-12-22-25(13-27(26)43-16-19-6-7-19)33-18-34-30(22)35-20-8-9-24(32)23(31)11-20/h4-5,8-9,11-13,18-19,21,38H,3,6-7,10,14-17H2,1-2H3,(H,36,39)(H,33,34,35)/b5-4+/t21-/m1/s1. The van der Waals surface area contributed by atoms with Crippen LogP contribution in [-0.2, 0) is 19.1 Å². The van der Waals surface area contributed by atoms with Crippen LogP contribution >= 0.6 is 11.6 Å². The Labute approximate surface area is 254 Å². The molecule has 0 bridgehead atoms. The van der Waals surface area contributed by atoms with Crippen LogP contribution in [0.25, 0.3) is 10.9 Å². The van der Waals surface area contributed by atoms with Crippen LogP contribution in [0.15, 0.2) is 48.8 Å². The molecule has 0 saturated heterocycles. The van der Waals surface area contributed by atoms with Gasteiger partial charge in [-0.2, -0.15) is 0 Å².